The Morgan fingerprint density at radius 1 is 1.30 bits per heavy atom. The number of nitrogens with two attached hydrogens (primary N) is 1. The van der Waals surface area contributed by atoms with Crippen molar-refractivity contribution in [3.63, 3.8) is 0 Å². The highest BCUT2D eigenvalue weighted by Crippen LogP contribution is 2.25. The number of rotatable bonds is 7. The van der Waals surface area contributed by atoms with Crippen LogP contribution in [0.1, 0.15) is 25.9 Å². The number of thioether (sulfide) groups is 1. The third-order valence-corrected chi connectivity index (χ3v) is 5.87. The Kier molecular flexibility index (Phi) is 5.86. The van der Waals surface area contributed by atoms with Crippen molar-refractivity contribution in [2.45, 2.75) is 17.6 Å². The van der Waals surface area contributed by atoms with Crippen molar-refractivity contribution < 1.29 is 9.42 Å². The van der Waals surface area contributed by atoms with Crippen LogP contribution < -0.4 is 11.2 Å². The van der Waals surface area contributed by atoms with Crippen LogP contribution in [0.4, 0.5) is 5.82 Å². The smallest absolute Gasteiger partial charge is 0.293 e. The zero-order chi connectivity index (χ0) is 20.9. The van der Waals surface area contributed by atoms with E-state index in [4.69, 9.17) is 5.73 Å². The number of aryl methyl sites for hydroxylation is 1. The van der Waals surface area contributed by atoms with E-state index in [0.29, 0.717) is 11.4 Å². The number of benzene rings is 1. The minimum atomic E-state index is -0.496. The second kappa shape index (κ2) is 8.88. The Morgan fingerprint density at radius 2 is 2.13 bits per heavy atom. The lowest BCUT2D eigenvalue weighted by Crippen LogP contribution is -2.20. The fourth-order valence-electron chi connectivity index (χ4n) is 2.51. The van der Waals surface area contributed by atoms with Crippen molar-refractivity contribution in [2.24, 2.45) is 5.10 Å². The van der Waals surface area contributed by atoms with Crippen molar-refractivity contribution in [3.8, 4) is 5.82 Å². The van der Waals surface area contributed by atoms with Gasteiger partial charge in [0.15, 0.2) is 5.69 Å². The van der Waals surface area contributed by atoms with Crippen LogP contribution in [0.15, 0.2) is 57.1 Å². The lowest BCUT2D eigenvalue weighted by Gasteiger charge is -2.05. The predicted molar refractivity (Wildman–Crippen MR) is 114 cm³/mol. The summed E-state index contributed by atoms with van der Waals surface area (Å²) in [5.41, 5.74) is 8.89. The lowest BCUT2D eigenvalue weighted by molar-refractivity contribution is 0.0949. The molecule has 10 nitrogen and oxygen atoms in total. The zero-order valence-electron chi connectivity index (χ0n) is 15.7. The third-order valence-electron chi connectivity index (χ3n) is 3.91. The standard InChI is InChI=1S/C18H16N8O2S2/c1-11-7-8-13(30-11)9-20-22-18(27)15-14(10-29-12-5-3-2-4-6-12)26(25-21-15)17-16(19)23-28-24-17/h2-9H,10H2,1H3,(H2,19,23)(H,22,27). The van der Waals surface area contributed by atoms with E-state index < -0.39 is 5.91 Å². The number of carbonyl (C=O) groups excluding carboxylic acids is 1. The molecule has 4 rings (SSSR count). The number of amides is 1. The summed E-state index contributed by atoms with van der Waals surface area (Å²) in [6.07, 6.45) is 1.58. The van der Waals surface area contributed by atoms with Gasteiger partial charge >= 0.3 is 0 Å². The zero-order valence-corrected chi connectivity index (χ0v) is 17.4. The largest absolute Gasteiger partial charge is 0.378 e. The number of thiophene rings is 1. The van der Waals surface area contributed by atoms with E-state index in [-0.39, 0.29) is 17.3 Å². The summed E-state index contributed by atoms with van der Waals surface area (Å²) in [4.78, 5) is 15.8. The van der Waals surface area contributed by atoms with Crippen molar-refractivity contribution >= 4 is 41.0 Å². The summed E-state index contributed by atoms with van der Waals surface area (Å²) in [7, 11) is 0. The van der Waals surface area contributed by atoms with E-state index in [1.807, 2.05) is 49.4 Å². The van der Waals surface area contributed by atoms with Gasteiger partial charge in [0.25, 0.3) is 5.91 Å². The number of anilines is 1. The van der Waals surface area contributed by atoms with E-state index in [1.54, 1.807) is 17.6 Å². The normalized spacial score (nSPS) is 11.2. The quantitative estimate of drug-likeness (QED) is 0.254. The van der Waals surface area contributed by atoms with E-state index in [1.165, 1.54) is 16.4 Å². The van der Waals surface area contributed by atoms with Gasteiger partial charge < -0.3 is 5.73 Å². The van der Waals surface area contributed by atoms with Crippen LogP contribution in [0.3, 0.4) is 0 Å². The maximum atomic E-state index is 12.7. The molecule has 0 aliphatic carbocycles. The molecule has 0 aliphatic heterocycles. The van der Waals surface area contributed by atoms with Gasteiger partial charge in [0.2, 0.25) is 11.6 Å². The lowest BCUT2D eigenvalue weighted by atomic mass is 10.3. The summed E-state index contributed by atoms with van der Waals surface area (Å²) in [6, 6.07) is 13.7. The first-order valence-electron chi connectivity index (χ1n) is 8.72. The maximum Gasteiger partial charge on any atom is 0.293 e. The number of hydrogen-bond acceptors (Lipinski definition) is 10. The molecule has 3 N–H and O–H groups in total. The van der Waals surface area contributed by atoms with Gasteiger partial charge in [0.1, 0.15) is 0 Å². The molecule has 0 radical (unpaired) electrons. The Bertz CT molecular complexity index is 1180. The minimum absolute atomic E-state index is 0.0453. The molecule has 152 valence electrons. The highest BCUT2D eigenvalue weighted by atomic mass is 32.2. The second-order valence-corrected chi connectivity index (χ2v) is 8.39. The number of nitrogen functional groups attached to an aromatic ring is 1. The monoisotopic (exact) mass is 440 g/mol. The first-order valence-corrected chi connectivity index (χ1v) is 10.5. The number of nitrogens with one attached hydrogen (secondary N) is 1. The summed E-state index contributed by atoms with van der Waals surface area (Å²) >= 11 is 3.09. The number of nitrogens with zero attached hydrogens (tertiary/aromatic N) is 6. The SMILES string of the molecule is Cc1ccc(C=NNC(=O)c2nnn(-c3nonc3N)c2CSc2ccccc2)s1. The number of hydrogen-bond donors (Lipinski definition) is 2. The third kappa shape index (κ3) is 4.39. The maximum absolute atomic E-state index is 12.7. The molecule has 0 saturated heterocycles. The van der Waals surface area contributed by atoms with Gasteiger partial charge in [0, 0.05) is 20.4 Å². The molecular weight excluding hydrogens is 424 g/mol. The Labute approximate surface area is 179 Å². The summed E-state index contributed by atoms with van der Waals surface area (Å²) < 4.78 is 6.01. The van der Waals surface area contributed by atoms with Gasteiger partial charge in [-0.25, -0.2) is 10.1 Å². The highest BCUT2D eigenvalue weighted by molar-refractivity contribution is 7.98. The molecule has 12 heteroatoms. The molecule has 0 bridgehead atoms. The molecule has 0 aliphatic rings. The van der Waals surface area contributed by atoms with Crippen LogP contribution in [0, 0.1) is 6.92 Å². The number of carbonyl (C=O) groups is 1. The fourth-order valence-corrected chi connectivity index (χ4v) is 4.18. The van der Waals surface area contributed by atoms with Crippen molar-refractivity contribution in [2.75, 3.05) is 5.73 Å². The van der Waals surface area contributed by atoms with Crippen molar-refractivity contribution in [1.29, 1.82) is 0 Å². The summed E-state index contributed by atoms with van der Waals surface area (Å²) in [5, 5.41) is 19.4. The van der Waals surface area contributed by atoms with Crippen LogP contribution in [-0.2, 0) is 5.75 Å². The average Bonchev–Trinajstić information content (AvgIpc) is 3.47. The summed E-state index contributed by atoms with van der Waals surface area (Å²) in [5.74, 6) is 0.107. The molecule has 0 spiro atoms. The van der Waals surface area contributed by atoms with Crippen molar-refractivity contribution in [1.82, 2.24) is 30.7 Å². The van der Waals surface area contributed by atoms with Crippen LogP contribution in [-0.4, -0.2) is 37.4 Å². The van der Waals surface area contributed by atoms with Crippen LogP contribution >= 0.6 is 23.1 Å². The van der Waals surface area contributed by atoms with Crippen molar-refractivity contribution in [3.05, 3.63) is 63.6 Å². The van der Waals surface area contributed by atoms with Crippen LogP contribution in [0.5, 0.6) is 0 Å². The second-order valence-electron chi connectivity index (χ2n) is 6.02. The number of hydrazone groups is 1. The molecule has 4 aromatic rings. The molecule has 0 fully saturated rings. The fraction of sp³-hybridized carbons (Fsp3) is 0.111. The van der Waals surface area contributed by atoms with E-state index >= 15 is 0 Å². The van der Waals surface area contributed by atoms with E-state index in [0.717, 1.165) is 14.6 Å². The highest BCUT2D eigenvalue weighted by Gasteiger charge is 2.24. The van der Waals surface area contributed by atoms with Gasteiger partial charge in [-0.2, -0.15) is 9.78 Å². The molecule has 30 heavy (non-hydrogen) atoms. The number of aromatic nitrogens is 5. The van der Waals surface area contributed by atoms with Crippen LogP contribution in [0.2, 0.25) is 0 Å². The van der Waals surface area contributed by atoms with Gasteiger partial charge in [-0.15, -0.1) is 28.2 Å². The molecule has 1 amide bonds. The Morgan fingerprint density at radius 3 is 2.83 bits per heavy atom. The average molecular weight is 441 g/mol. The van der Waals surface area contributed by atoms with Gasteiger partial charge in [0.05, 0.1) is 11.9 Å². The molecular formula is C18H16N8O2S2. The predicted octanol–water partition coefficient (Wildman–Crippen LogP) is 2.66. The molecule has 3 heterocycles. The van der Waals surface area contributed by atoms with E-state index in [2.05, 4.69) is 35.8 Å². The Hall–Kier alpha value is -3.51. The first kappa shape index (κ1) is 19.8. The van der Waals surface area contributed by atoms with Gasteiger partial charge in [-0.1, -0.05) is 23.4 Å². The topological polar surface area (TPSA) is 137 Å². The minimum Gasteiger partial charge on any atom is -0.378 e. The molecule has 0 atom stereocenters. The molecule has 0 saturated carbocycles. The molecule has 0 unspecified atom stereocenters. The van der Waals surface area contributed by atoms with Gasteiger partial charge in [-0.05, 0) is 41.5 Å². The van der Waals surface area contributed by atoms with E-state index in [9.17, 15) is 4.79 Å². The van der Waals surface area contributed by atoms with Crippen LogP contribution in [0.25, 0.3) is 5.82 Å². The Balaban J connectivity index is 1.58. The summed E-state index contributed by atoms with van der Waals surface area (Å²) in [6.45, 7) is 2.00. The van der Waals surface area contributed by atoms with Gasteiger partial charge in [-0.3, -0.25) is 4.79 Å². The first-order chi connectivity index (χ1) is 14.6. The molecule has 1 aromatic carbocycles. The molecule has 3 aromatic heterocycles.